The van der Waals surface area contributed by atoms with E-state index in [0.717, 1.165) is 23.6 Å². The maximum atomic E-state index is 6.08. The van der Waals surface area contributed by atoms with Gasteiger partial charge in [0.05, 0.1) is 5.69 Å². The Labute approximate surface area is 127 Å². The highest BCUT2D eigenvalue weighted by Crippen LogP contribution is 2.35. The van der Waals surface area contributed by atoms with E-state index in [4.69, 9.17) is 10.5 Å². The molecule has 0 bridgehead atoms. The molecule has 0 fully saturated rings. The Balaban J connectivity index is 2.39. The predicted molar refractivity (Wildman–Crippen MR) is 86.7 cm³/mol. The number of rotatable bonds is 4. The van der Waals surface area contributed by atoms with Crippen LogP contribution in [0.3, 0.4) is 0 Å². The van der Waals surface area contributed by atoms with Crippen LogP contribution in [0.25, 0.3) is 0 Å². The van der Waals surface area contributed by atoms with Crippen molar-refractivity contribution in [3.05, 3.63) is 53.3 Å². The minimum absolute atomic E-state index is 0.0320. The number of nitrogens with two attached hydrogens (primary N) is 1. The molecule has 2 rings (SSSR count). The van der Waals surface area contributed by atoms with E-state index < -0.39 is 0 Å². The highest BCUT2D eigenvalue weighted by Gasteiger charge is 2.20. The van der Waals surface area contributed by atoms with Crippen LogP contribution >= 0.6 is 0 Å². The molecule has 0 radical (unpaired) electrons. The van der Waals surface area contributed by atoms with Crippen molar-refractivity contribution in [1.82, 2.24) is 4.98 Å². The molecule has 1 aromatic carbocycles. The van der Waals surface area contributed by atoms with Gasteiger partial charge in [-0.2, -0.15) is 0 Å². The van der Waals surface area contributed by atoms with Crippen LogP contribution in [0.1, 0.15) is 44.5 Å². The summed E-state index contributed by atoms with van der Waals surface area (Å²) in [7, 11) is 0. The lowest BCUT2D eigenvalue weighted by atomic mass is 9.85. The Hall–Kier alpha value is -1.87. The maximum Gasteiger partial charge on any atom is 0.131 e. The van der Waals surface area contributed by atoms with E-state index in [1.165, 1.54) is 11.1 Å². The van der Waals surface area contributed by atoms with E-state index in [1.54, 1.807) is 6.20 Å². The fraction of sp³-hybridized carbons (Fsp3) is 0.389. The van der Waals surface area contributed by atoms with E-state index in [2.05, 4.69) is 50.9 Å². The second-order valence-corrected chi connectivity index (χ2v) is 6.22. The Morgan fingerprint density at radius 2 is 1.90 bits per heavy atom. The highest BCUT2D eigenvalue weighted by molar-refractivity contribution is 5.44. The molecule has 0 atom stereocenters. The molecule has 0 aliphatic heterocycles. The number of pyridine rings is 1. The Morgan fingerprint density at radius 1 is 1.14 bits per heavy atom. The Kier molecular flexibility index (Phi) is 4.63. The first-order valence-electron chi connectivity index (χ1n) is 7.40. The molecule has 2 aromatic rings. The van der Waals surface area contributed by atoms with Gasteiger partial charge in [0, 0.05) is 24.4 Å². The SMILES string of the molecule is CCc1ccc(Oc2ccnc(CN)c2)c(C(C)(C)C)c1. The Bertz CT molecular complexity index is 615. The van der Waals surface area contributed by atoms with Gasteiger partial charge in [0.1, 0.15) is 11.5 Å². The summed E-state index contributed by atoms with van der Waals surface area (Å²) in [6.07, 6.45) is 2.75. The van der Waals surface area contributed by atoms with Gasteiger partial charge >= 0.3 is 0 Å². The minimum Gasteiger partial charge on any atom is -0.457 e. The lowest BCUT2D eigenvalue weighted by Crippen LogP contribution is -2.13. The smallest absolute Gasteiger partial charge is 0.131 e. The van der Waals surface area contributed by atoms with Crippen molar-refractivity contribution in [2.45, 2.75) is 46.1 Å². The quantitative estimate of drug-likeness (QED) is 0.915. The standard InChI is InChI=1S/C18H24N2O/c1-5-13-6-7-17(16(10-13)18(2,3)4)21-15-8-9-20-14(11-15)12-19/h6-11H,5,12,19H2,1-4H3. The van der Waals surface area contributed by atoms with E-state index in [-0.39, 0.29) is 5.41 Å². The predicted octanol–water partition coefficient (Wildman–Crippen LogP) is 4.19. The number of hydrogen-bond acceptors (Lipinski definition) is 3. The summed E-state index contributed by atoms with van der Waals surface area (Å²) in [5, 5.41) is 0. The fourth-order valence-electron chi connectivity index (χ4n) is 2.23. The molecule has 21 heavy (non-hydrogen) atoms. The number of hydrogen-bond donors (Lipinski definition) is 1. The van der Waals surface area contributed by atoms with Crippen LogP contribution in [0.4, 0.5) is 0 Å². The van der Waals surface area contributed by atoms with E-state index in [1.807, 2.05) is 12.1 Å². The topological polar surface area (TPSA) is 48.1 Å². The summed E-state index contributed by atoms with van der Waals surface area (Å²) < 4.78 is 6.08. The van der Waals surface area contributed by atoms with Crippen LogP contribution in [-0.2, 0) is 18.4 Å². The van der Waals surface area contributed by atoms with Crippen LogP contribution in [0.5, 0.6) is 11.5 Å². The van der Waals surface area contributed by atoms with Crippen molar-refractivity contribution in [3.8, 4) is 11.5 Å². The molecule has 0 amide bonds. The number of aryl methyl sites for hydroxylation is 1. The number of ether oxygens (including phenoxy) is 1. The third kappa shape index (κ3) is 3.82. The monoisotopic (exact) mass is 284 g/mol. The van der Waals surface area contributed by atoms with E-state index in [9.17, 15) is 0 Å². The van der Waals surface area contributed by atoms with Crippen LogP contribution < -0.4 is 10.5 Å². The van der Waals surface area contributed by atoms with Gasteiger partial charge in [-0.3, -0.25) is 4.98 Å². The lowest BCUT2D eigenvalue weighted by Gasteiger charge is -2.23. The van der Waals surface area contributed by atoms with Crippen LogP contribution in [-0.4, -0.2) is 4.98 Å². The van der Waals surface area contributed by atoms with E-state index in [0.29, 0.717) is 6.54 Å². The maximum absolute atomic E-state index is 6.08. The first-order valence-corrected chi connectivity index (χ1v) is 7.40. The van der Waals surface area contributed by atoms with Crippen LogP contribution in [0.2, 0.25) is 0 Å². The fourth-order valence-corrected chi connectivity index (χ4v) is 2.23. The molecule has 0 saturated heterocycles. The molecule has 1 aromatic heterocycles. The zero-order valence-corrected chi connectivity index (χ0v) is 13.3. The van der Waals surface area contributed by atoms with Crippen molar-refractivity contribution in [3.63, 3.8) is 0 Å². The average Bonchev–Trinajstić information content (AvgIpc) is 2.46. The van der Waals surface area contributed by atoms with Crippen LogP contribution in [0, 0.1) is 0 Å². The molecular formula is C18H24N2O. The minimum atomic E-state index is 0.0320. The summed E-state index contributed by atoms with van der Waals surface area (Å²) in [6, 6.07) is 10.2. The molecule has 0 spiro atoms. The van der Waals surface area contributed by atoms with E-state index >= 15 is 0 Å². The normalized spacial score (nSPS) is 11.5. The molecule has 0 unspecified atom stereocenters. The zero-order chi connectivity index (χ0) is 15.5. The van der Waals surface area contributed by atoms with Gasteiger partial charge < -0.3 is 10.5 Å². The molecule has 3 nitrogen and oxygen atoms in total. The lowest BCUT2D eigenvalue weighted by molar-refractivity contribution is 0.453. The van der Waals surface area contributed by atoms with Gasteiger partial charge in [0.2, 0.25) is 0 Å². The summed E-state index contributed by atoms with van der Waals surface area (Å²) in [5.74, 6) is 1.68. The van der Waals surface area contributed by atoms with Crippen molar-refractivity contribution in [2.24, 2.45) is 5.73 Å². The average molecular weight is 284 g/mol. The van der Waals surface area contributed by atoms with Crippen molar-refractivity contribution >= 4 is 0 Å². The zero-order valence-electron chi connectivity index (χ0n) is 13.3. The first-order chi connectivity index (χ1) is 9.94. The van der Waals surface area contributed by atoms with Gasteiger partial charge in [0.15, 0.2) is 0 Å². The number of benzene rings is 1. The molecule has 3 heteroatoms. The van der Waals surface area contributed by atoms with Crippen LogP contribution in [0.15, 0.2) is 36.5 Å². The third-order valence-corrected chi connectivity index (χ3v) is 3.49. The summed E-state index contributed by atoms with van der Waals surface area (Å²) in [6.45, 7) is 9.18. The highest BCUT2D eigenvalue weighted by atomic mass is 16.5. The van der Waals surface area contributed by atoms with Gasteiger partial charge in [0.25, 0.3) is 0 Å². The number of aromatic nitrogens is 1. The van der Waals surface area contributed by atoms with Gasteiger partial charge in [-0.25, -0.2) is 0 Å². The van der Waals surface area contributed by atoms with Gasteiger partial charge in [-0.05, 0) is 29.5 Å². The molecule has 112 valence electrons. The summed E-state index contributed by atoms with van der Waals surface area (Å²) >= 11 is 0. The summed E-state index contributed by atoms with van der Waals surface area (Å²) in [5.41, 5.74) is 9.03. The third-order valence-electron chi connectivity index (χ3n) is 3.49. The largest absolute Gasteiger partial charge is 0.457 e. The molecule has 1 heterocycles. The molecule has 0 aliphatic carbocycles. The van der Waals surface area contributed by atoms with Gasteiger partial charge in [-0.1, -0.05) is 39.8 Å². The molecular weight excluding hydrogens is 260 g/mol. The van der Waals surface area contributed by atoms with Crippen molar-refractivity contribution in [2.75, 3.05) is 0 Å². The second-order valence-electron chi connectivity index (χ2n) is 6.22. The van der Waals surface area contributed by atoms with Gasteiger partial charge in [-0.15, -0.1) is 0 Å². The molecule has 0 saturated carbocycles. The second kappa shape index (κ2) is 6.27. The molecule has 0 aliphatic rings. The number of nitrogens with zero attached hydrogens (tertiary/aromatic N) is 1. The molecule has 2 N–H and O–H groups in total. The van der Waals surface area contributed by atoms with Crippen molar-refractivity contribution in [1.29, 1.82) is 0 Å². The van der Waals surface area contributed by atoms with Crippen molar-refractivity contribution < 1.29 is 4.74 Å². The first kappa shape index (κ1) is 15.5. The summed E-state index contributed by atoms with van der Waals surface area (Å²) in [4.78, 5) is 4.19. The Morgan fingerprint density at radius 3 is 2.52 bits per heavy atom.